The third kappa shape index (κ3) is 9.31. The predicted molar refractivity (Wildman–Crippen MR) is 121 cm³/mol. The standard InChI is InChI=1S/C23H31N5O3/c1-17(15-31-16-19-6-4-3-5-7-19)12-27-23(25-2)28-13-18-8-10-20(11-9-18)22(30)26-14-21(24)29/h3-11,17H,12-16H2,1-2H3,(H2,24,29)(H,26,30)(H2,25,27,28). The Morgan fingerprint density at radius 2 is 1.71 bits per heavy atom. The summed E-state index contributed by atoms with van der Waals surface area (Å²) in [6, 6.07) is 17.2. The maximum Gasteiger partial charge on any atom is 0.251 e. The van der Waals surface area contributed by atoms with Crippen LogP contribution in [0.25, 0.3) is 0 Å². The summed E-state index contributed by atoms with van der Waals surface area (Å²) in [6.45, 7) is 4.48. The van der Waals surface area contributed by atoms with Gasteiger partial charge in [-0.3, -0.25) is 14.6 Å². The Morgan fingerprint density at radius 3 is 2.35 bits per heavy atom. The van der Waals surface area contributed by atoms with Crippen molar-refractivity contribution in [3.8, 4) is 0 Å². The van der Waals surface area contributed by atoms with Crippen molar-refractivity contribution in [2.24, 2.45) is 16.6 Å². The van der Waals surface area contributed by atoms with E-state index in [0.717, 1.165) is 17.7 Å². The Bertz CT molecular complexity index is 853. The van der Waals surface area contributed by atoms with E-state index in [4.69, 9.17) is 10.5 Å². The molecule has 0 saturated heterocycles. The molecule has 0 heterocycles. The van der Waals surface area contributed by atoms with Gasteiger partial charge in [-0.05, 0) is 29.2 Å². The lowest BCUT2D eigenvalue weighted by Gasteiger charge is -2.16. The molecule has 31 heavy (non-hydrogen) atoms. The number of nitrogens with one attached hydrogen (secondary N) is 3. The average Bonchev–Trinajstić information content (AvgIpc) is 2.78. The van der Waals surface area contributed by atoms with Gasteiger partial charge < -0.3 is 26.4 Å². The molecule has 1 unspecified atom stereocenters. The van der Waals surface area contributed by atoms with Gasteiger partial charge in [0.2, 0.25) is 5.91 Å². The number of primary amides is 1. The number of hydrogen-bond donors (Lipinski definition) is 4. The topological polar surface area (TPSA) is 118 Å². The monoisotopic (exact) mass is 425 g/mol. The van der Waals surface area contributed by atoms with E-state index in [1.54, 1.807) is 19.2 Å². The minimum absolute atomic E-state index is 0.181. The lowest BCUT2D eigenvalue weighted by Crippen LogP contribution is -2.39. The lowest BCUT2D eigenvalue weighted by molar-refractivity contribution is -0.117. The van der Waals surface area contributed by atoms with E-state index in [0.29, 0.717) is 37.2 Å². The Balaban J connectivity index is 1.69. The Kier molecular flexibility index (Phi) is 10.0. The fourth-order valence-electron chi connectivity index (χ4n) is 2.73. The zero-order chi connectivity index (χ0) is 22.5. The van der Waals surface area contributed by atoms with Crippen LogP contribution >= 0.6 is 0 Å². The first-order valence-corrected chi connectivity index (χ1v) is 10.2. The molecule has 0 saturated carbocycles. The Hall–Kier alpha value is -3.39. The highest BCUT2D eigenvalue weighted by molar-refractivity contribution is 5.96. The van der Waals surface area contributed by atoms with Gasteiger partial charge >= 0.3 is 0 Å². The first-order valence-electron chi connectivity index (χ1n) is 10.2. The van der Waals surface area contributed by atoms with Gasteiger partial charge in [-0.1, -0.05) is 49.4 Å². The van der Waals surface area contributed by atoms with Crippen LogP contribution in [0.15, 0.2) is 59.6 Å². The number of nitrogens with zero attached hydrogens (tertiary/aromatic N) is 1. The lowest BCUT2D eigenvalue weighted by atomic mass is 10.1. The van der Waals surface area contributed by atoms with Crippen LogP contribution in [0, 0.1) is 5.92 Å². The second-order valence-corrected chi connectivity index (χ2v) is 7.26. The summed E-state index contributed by atoms with van der Waals surface area (Å²) in [5.74, 6) is 0.100. The number of ether oxygens (including phenoxy) is 1. The average molecular weight is 426 g/mol. The molecule has 2 amide bonds. The fraction of sp³-hybridized carbons (Fsp3) is 0.348. The molecule has 5 N–H and O–H groups in total. The first-order chi connectivity index (χ1) is 15.0. The molecule has 0 radical (unpaired) electrons. The summed E-state index contributed by atoms with van der Waals surface area (Å²) in [7, 11) is 1.72. The third-order valence-electron chi connectivity index (χ3n) is 4.45. The molecule has 0 aliphatic heterocycles. The minimum Gasteiger partial charge on any atom is -0.376 e. The molecule has 0 aliphatic carbocycles. The number of guanidine groups is 1. The minimum atomic E-state index is -0.579. The quantitative estimate of drug-likeness (QED) is 0.321. The van der Waals surface area contributed by atoms with Crippen molar-refractivity contribution in [1.29, 1.82) is 0 Å². The number of amides is 2. The molecule has 166 valence electrons. The van der Waals surface area contributed by atoms with Gasteiger partial charge in [-0.2, -0.15) is 0 Å². The summed E-state index contributed by atoms with van der Waals surface area (Å²) in [5, 5.41) is 9.00. The number of nitrogens with two attached hydrogens (primary N) is 1. The molecule has 0 spiro atoms. The largest absolute Gasteiger partial charge is 0.376 e. The second-order valence-electron chi connectivity index (χ2n) is 7.26. The fourth-order valence-corrected chi connectivity index (χ4v) is 2.73. The highest BCUT2D eigenvalue weighted by Gasteiger charge is 2.07. The second kappa shape index (κ2) is 13.0. The Morgan fingerprint density at radius 1 is 1.00 bits per heavy atom. The van der Waals surface area contributed by atoms with E-state index < -0.39 is 5.91 Å². The number of carbonyl (C=O) groups is 2. The summed E-state index contributed by atoms with van der Waals surface area (Å²) < 4.78 is 5.78. The van der Waals surface area contributed by atoms with Crippen molar-refractivity contribution in [1.82, 2.24) is 16.0 Å². The zero-order valence-corrected chi connectivity index (χ0v) is 18.1. The van der Waals surface area contributed by atoms with Crippen LogP contribution in [-0.4, -0.2) is 44.5 Å². The van der Waals surface area contributed by atoms with Gasteiger partial charge in [0.05, 0.1) is 19.8 Å². The molecule has 2 aromatic rings. The van der Waals surface area contributed by atoms with Crippen molar-refractivity contribution in [3.63, 3.8) is 0 Å². The van der Waals surface area contributed by atoms with Gasteiger partial charge in [-0.15, -0.1) is 0 Å². The molecule has 2 aromatic carbocycles. The van der Waals surface area contributed by atoms with E-state index in [2.05, 4.69) is 40.0 Å². The smallest absolute Gasteiger partial charge is 0.251 e. The van der Waals surface area contributed by atoms with Crippen LogP contribution in [0.1, 0.15) is 28.4 Å². The van der Waals surface area contributed by atoms with Crippen molar-refractivity contribution >= 4 is 17.8 Å². The summed E-state index contributed by atoms with van der Waals surface area (Å²) in [6.07, 6.45) is 0. The third-order valence-corrected chi connectivity index (χ3v) is 4.45. The van der Waals surface area contributed by atoms with Gasteiger partial charge in [0.25, 0.3) is 5.91 Å². The highest BCUT2D eigenvalue weighted by atomic mass is 16.5. The normalized spacial score (nSPS) is 12.1. The van der Waals surface area contributed by atoms with E-state index in [1.165, 1.54) is 0 Å². The van der Waals surface area contributed by atoms with E-state index in [1.807, 2.05) is 30.3 Å². The number of carbonyl (C=O) groups excluding carboxylic acids is 2. The molecule has 8 nitrogen and oxygen atoms in total. The van der Waals surface area contributed by atoms with E-state index in [9.17, 15) is 9.59 Å². The van der Waals surface area contributed by atoms with Crippen LogP contribution in [0.2, 0.25) is 0 Å². The number of hydrogen-bond acceptors (Lipinski definition) is 4. The van der Waals surface area contributed by atoms with Gasteiger partial charge in [0.1, 0.15) is 0 Å². The molecule has 1 atom stereocenters. The van der Waals surface area contributed by atoms with E-state index in [-0.39, 0.29) is 12.5 Å². The SMILES string of the molecule is CN=C(NCc1ccc(C(=O)NCC(N)=O)cc1)NCC(C)COCc1ccccc1. The number of rotatable bonds is 11. The van der Waals surface area contributed by atoms with Crippen molar-refractivity contribution in [2.75, 3.05) is 26.7 Å². The number of aliphatic imine (C=N–C) groups is 1. The van der Waals surface area contributed by atoms with Crippen LogP contribution < -0.4 is 21.7 Å². The van der Waals surface area contributed by atoms with Crippen LogP contribution in [0.3, 0.4) is 0 Å². The maximum atomic E-state index is 11.9. The number of benzene rings is 2. The molecule has 8 heteroatoms. The van der Waals surface area contributed by atoms with Crippen LogP contribution in [0.5, 0.6) is 0 Å². The summed E-state index contributed by atoms with van der Waals surface area (Å²) in [4.78, 5) is 26.9. The highest BCUT2D eigenvalue weighted by Crippen LogP contribution is 2.05. The predicted octanol–water partition coefficient (Wildman–Crippen LogP) is 1.42. The Labute approximate surface area is 183 Å². The zero-order valence-electron chi connectivity index (χ0n) is 18.1. The summed E-state index contributed by atoms with van der Waals surface area (Å²) in [5.41, 5.74) is 7.66. The van der Waals surface area contributed by atoms with Gasteiger partial charge in [-0.25, -0.2) is 0 Å². The van der Waals surface area contributed by atoms with Gasteiger partial charge in [0, 0.05) is 25.7 Å². The van der Waals surface area contributed by atoms with E-state index >= 15 is 0 Å². The summed E-state index contributed by atoms with van der Waals surface area (Å²) >= 11 is 0. The van der Waals surface area contributed by atoms with Crippen molar-refractivity contribution in [2.45, 2.75) is 20.1 Å². The maximum absolute atomic E-state index is 11.9. The molecule has 0 aliphatic rings. The van der Waals surface area contributed by atoms with Crippen LogP contribution in [0.4, 0.5) is 0 Å². The molecule has 0 aromatic heterocycles. The van der Waals surface area contributed by atoms with Crippen LogP contribution in [-0.2, 0) is 22.7 Å². The van der Waals surface area contributed by atoms with Crippen molar-refractivity contribution < 1.29 is 14.3 Å². The molecular formula is C23H31N5O3. The molecule has 2 rings (SSSR count). The van der Waals surface area contributed by atoms with Gasteiger partial charge in [0.15, 0.2) is 5.96 Å². The first kappa shape index (κ1) is 23.9. The molecular weight excluding hydrogens is 394 g/mol. The molecule has 0 bridgehead atoms. The van der Waals surface area contributed by atoms with Crippen molar-refractivity contribution in [3.05, 3.63) is 71.3 Å². The molecule has 0 fully saturated rings.